The molecule has 0 bridgehead atoms. The molecule has 0 unspecified atom stereocenters. The zero-order valence-corrected chi connectivity index (χ0v) is 6.66. The second-order valence-corrected chi connectivity index (χ2v) is 1.87. The molecule has 12 heavy (non-hydrogen) atoms. The molecule has 0 fully saturated rings. The van der Waals surface area contributed by atoms with Gasteiger partial charge >= 0.3 is 5.97 Å². The SMILES string of the molecule is CCOC(=O)/C(C=N)=C/C(N)=O. The number of amides is 1. The topological polar surface area (TPSA) is 93.2 Å². The number of rotatable bonds is 4. The van der Waals surface area contributed by atoms with E-state index in [-0.39, 0.29) is 12.2 Å². The van der Waals surface area contributed by atoms with Gasteiger partial charge in [-0.25, -0.2) is 4.79 Å². The third-order valence-corrected chi connectivity index (χ3v) is 0.964. The first-order valence-corrected chi connectivity index (χ1v) is 3.30. The molecule has 0 saturated heterocycles. The summed E-state index contributed by atoms with van der Waals surface area (Å²) >= 11 is 0. The number of nitrogens with one attached hydrogen (secondary N) is 1. The van der Waals surface area contributed by atoms with Gasteiger partial charge in [0, 0.05) is 12.3 Å². The number of carbonyl (C=O) groups excluding carboxylic acids is 2. The van der Waals surface area contributed by atoms with E-state index in [2.05, 4.69) is 4.74 Å². The van der Waals surface area contributed by atoms with Crippen LogP contribution in [0.4, 0.5) is 0 Å². The van der Waals surface area contributed by atoms with E-state index in [4.69, 9.17) is 11.1 Å². The molecule has 0 radical (unpaired) electrons. The lowest BCUT2D eigenvalue weighted by molar-refractivity contribution is -0.138. The predicted octanol–water partition coefficient (Wildman–Crippen LogP) is -0.389. The normalized spacial score (nSPS) is 10.6. The zero-order valence-electron chi connectivity index (χ0n) is 6.66. The summed E-state index contributed by atoms with van der Waals surface area (Å²) in [4.78, 5) is 21.2. The Morgan fingerprint density at radius 1 is 1.58 bits per heavy atom. The Kier molecular flexibility index (Phi) is 4.36. The van der Waals surface area contributed by atoms with Crippen LogP contribution in [0.3, 0.4) is 0 Å². The lowest BCUT2D eigenvalue weighted by Crippen LogP contribution is -2.14. The Hall–Kier alpha value is -1.65. The van der Waals surface area contributed by atoms with Crippen LogP contribution in [0, 0.1) is 5.41 Å². The fourth-order valence-corrected chi connectivity index (χ4v) is 0.527. The molecule has 0 rings (SSSR count). The summed E-state index contributed by atoms with van der Waals surface area (Å²) in [7, 11) is 0. The zero-order chi connectivity index (χ0) is 9.56. The Bertz CT molecular complexity index is 233. The number of esters is 1. The Labute approximate surface area is 69.7 Å². The maximum absolute atomic E-state index is 10.9. The molecule has 66 valence electrons. The molecular formula is C7H10N2O3. The lowest BCUT2D eigenvalue weighted by Gasteiger charge is -1.99. The van der Waals surface area contributed by atoms with E-state index in [1.807, 2.05) is 0 Å². The minimum Gasteiger partial charge on any atom is -0.462 e. The van der Waals surface area contributed by atoms with Crippen LogP contribution >= 0.6 is 0 Å². The molecule has 0 aromatic heterocycles. The molecule has 0 aromatic rings. The third-order valence-electron chi connectivity index (χ3n) is 0.964. The molecule has 5 nitrogen and oxygen atoms in total. The number of hydrogen-bond donors (Lipinski definition) is 2. The van der Waals surface area contributed by atoms with Crippen molar-refractivity contribution in [3.63, 3.8) is 0 Å². The second-order valence-electron chi connectivity index (χ2n) is 1.87. The maximum atomic E-state index is 10.9. The Morgan fingerprint density at radius 3 is 2.50 bits per heavy atom. The van der Waals surface area contributed by atoms with Crippen LogP contribution in [-0.4, -0.2) is 24.7 Å². The molecule has 0 aliphatic rings. The fourth-order valence-electron chi connectivity index (χ4n) is 0.527. The van der Waals surface area contributed by atoms with Crippen LogP contribution in [0.2, 0.25) is 0 Å². The summed E-state index contributed by atoms with van der Waals surface area (Å²) in [6.45, 7) is 1.83. The van der Waals surface area contributed by atoms with Gasteiger partial charge < -0.3 is 15.9 Å². The number of hydrogen-bond acceptors (Lipinski definition) is 4. The number of carbonyl (C=O) groups is 2. The first-order chi connectivity index (χ1) is 5.61. The second kappa shape index (κ2) is 5.06. The van der Waals surface area contributed by atoms with Gasteiger partial charge in [-0.3, -0.25) is 4.79 Å². The van der Waals surface area contributed by atoms with Crippen molar-refractivity contribution in [2.24, 2.45) is 5.73 Å². The van der Waals surface area contributed by atoms with Crippen molar-refractivity contribution in [2.45, 2.75) is 6.92 Å². The van der Waals surface area contributed by atoms with Gasteiger partial charge in [0.1, 0.15) is 0 Å². The highest BCUT2D eigenvalue weighted by atomic mass is 16.5. The summed E-state index contributed by atoms with van der Waals surface area (Å²) in [5.74, 6) is -1.49. The van der Waals surface area contributed by atoms with E-state index in [9.17, 15) is 9.59 Å². The van der Waals surface area contributed by atoms with E-state index in [0.717, 1.165) is 12.3 Å². The van der Waals surface area contributed by atoms with Crippen molar-refractivity contribution < 1.29 is 14.3 Å². The Morgan fingerprint density at radius 2 is 2.17 bits per heavy atom. The molecule has 5 heteroatoms. The van der Waals surface area contributed by atoms with Crippen molar-refractivity contribution >= 4 is 18.1 Å². The van der Waals surface area contributed by atoms with Crippen LogP contribution in [0.15, 0.2) is 11.6 Å². The summed E-state index contributed by atoms with van der Waals surface area (Å²) < 4.78 is 4.53. The van der Waals surface area contributed by atoms with Crippen LogP contribution in [0.1, 0.15) is 6.92 Å². The van der Waals surface area contributed by atoms with Crippen molar-refractivity contribution in [3.05, 3.63) is 11.6 Å². The first-order valence-electron chi connectivity index (χ1n) is 3.30. The molecule has 0 spiro atoms. The quantitative estimate of drug-likeness (QED) is 0.342. The minimum absolute atomic E-state index is 0.149. The van der Waals surface area contributed by atoms with Gasteiger partial charge in [0.25, 0.3) is 0 Å². The summed E-state index contributed by atoms with van der Waals surface area (Å²) in [5, 5.41) is 6.76. The highest BCUT2D eigenvalue weighted by Gasteiger charge is 2.07. The van der Waals surface area contributed by atoms with Crippen LogP contribution in [-0.2, 0) is 14.3 Å². The lowest BCUT2D eigenvalue weighted by atomic mass is 10.2. The molecule has 0 aliphatic heterocycles. The first kappa shape index (κ1) is 10.3. The van der Waals surface area contributed by atoms with Gasteiger partial charge in [-0.15, -0.1) is 0 Å². The van der Waals surface area contributed by atoms with E-state index in [1.54, 1.807) is 6.92 Å². The maximum Gasteiger partial charge on any atom is 0.339 e. The van der Waals surface area contributed by atoms with Crippen LogP contribution in [0.25, 0.3) is 0 Å². The van der Waals surface area contributed by atoms with Crippen molar-refractivity contribution in [1.29, 1.82) is 5.41 Å². The fraction of sp³-hybridized carbons (Fsp3) is 0.286. The number of primary amides is 1. The Balaban J connectivity index is 4.44. The molecule has 3 N–H and O–H groups in total. The monoisotopic (exact) mass is 170 g/mol. The molecule has 1 amide bonds. The minimum atomic E-state index is -0.776. The molecule has 0 atom stereocenters. The summed E-state index contributed by atoms with van der Waals surface area (Å²) in [6.07, 6.45) is 1.58. The van der Waals surface area contributed by atoms with Gasteiger partial charge in [0.2, 0.25) is 5.91 Å². The highest BCUT2D eigenvalue weighted by Crippen LogP contribution is 1.93. The van der Waals surface area contributed by atoms with E-state index in [0.29, 0.717) is 0 Å². The standard InChI is InChI=1S/C7H10N2O3/c1-2-12-7(11)5(4-8)3-6(9)10/h3-4,8H,2H2,1H3,(H2,9,10)/b5-3+,8-4?. The van der Waals surface area contributed by atoms with Crippen LogP contribution < -0.4 is 5.73 Å². The largest absolute Gasteiger partial charge is 0.462 e. The van der Waals surface area contributed by atoms with Gasteiger partial charge in [0.05, 0.1) is 12.2 Å². The highest BCUT2D eigenvalue weighted by molar-refractivity contribution is 6.12. The molecule has 0 heterocycles. The average Bonchev–Trinajstić information content (AvgIpc) is 2.00. The molecule has 0 aliphatic carbocycles. The van der Waals surface area contributed by atoms with Crippen molar-refractivity contribution in [2.75, 3.05) is 6.61 Å². The summed E-state index contributed by atoms with van der Waals surface area (Å²) in [5.41, 5.74) is 4.63. The van der Waals surface area contributed by atoms with E-state index >= 15 is 0 Å². The van der Waals surface area contributed by atoms with E-state index < -0.39 is 11.9 Å². The van der Waals surface area contributed by atoms with Gasteiger partial charge in [0.15, 0.2) is 0 Å². The smallest absolute Gasteiger partial charge is 0.339 e. The van der Waals surface area contributed by atoms with Crippen molar-refractivity contribution in [1.82, 2.24) is 0 Å². The number of nitrogens with two attached hydrogens (primary N) is 1. The average molecular weight is 170 g/mol. The van der Waals surface area contributed by atoms with Gasteiger partial charge in [-0.1, -0.05) is 0 Å². The van der Waals surface area contributed by atoms with Gasteiger partial charge in [-0.05, 0) is 6.92 Å². The van der Waals surface area contributed by atoms with E-state index in [1.165, 1.54) is 0 Å². The third kappa shape index (κ3) is 3.50. The summed E-state index contributed by atoms with van der Waals surface area (Å²) in [6, 6.07) is 0. The number of ether oxygens (including phenoxy) is 1. The molecular weight excluding hydrogens is 160 g/mol. The molecule has 0 saturated carbocycles. The van der Waals surface area contributed by atoms with Gasteiger partial charge in [-0.2, -0.15) is 0 Å². The van der Waals surface area contributed by atoms with Crippen molar-refractivity contribution in [3.8, 4) is 0 Å². The predicted molar refractivity (Wildman–Crippen MR) is 42.7 cm³/mol. The molecule has 0 aromatic carbocycles. The van der Waals surface area contributed by atoms with Crippen LogP contribution in [0.5, 0.6) is 0 Å².